The number of aliphatic hydroxyl groups is 1. The molecule has 0 aliphatic heterocycles. The van der Waals surface area contributed by atoms with E-state index in [0.29, 0.717) is 31.1 Å². The van der Waals surface area contributed by atoms with E-state index in [1.165, 1.54) is 32.1 Å². The van der Waals surface area contributed by atoms with Crippen LogP contribution in [0.25, 0.3) is 0 Å². The van der Waals surface area contributed by atoms with Gasteiger partial charge in [0.2, 0.25) is 0 Å². The van der Waals surface area contributed by atoms with E-state index in [1.807, 2.05) is 12.1 Å². The average Bonchev–Trinajstić information content (AvgIpc) is 2.57. The summed E-state index contributed by atoms with van der Waals surface area (Å²) in [4.78, 5) is 0. The Morgan fingerprint density at radius 2 is 2.04 bits per heavy atom. The number of ether oxygens (including phenoxy) is 1. The molecule has 0 amide bonds. The summed E-state index contributed by atoms with van der Waals surface area (Å²) >= 11 is 0. The number of aromatic hydroxyl groups is 1. The second-order valence-corrected chi connectivity index (χ2v) is 8.55. The quantitative estimate of drug-likeness (QED) is 0.481. The maximum Gasteiger partial charge on any atom is 0.122 e. The van der Waals surface area contributed by atoms with Crippen LogP contribution in [0.2, 0.25) is 0 Å². The van der Waals surface area contributed by atoms with E-state index in [4.69, 9.17) is 10.5 Å². The molecule has 1 fully saturated rings. The first-order valence-corrected chi connectivity index (χ1v) is 10.3. The first-order chi connectivity index (χ1) is 12.4. The Kier molecular flexibility index (Phi) is 8.23. The number of nitrogens with two attached hydrogens (primary N) is 1. The van der Waals surface area contributed by atoms with Gasteiger partial charge in [0.05, 0.1) is 13.2 Å². The molecule has 0 spiro atoms. The Hall–Kier alpha value is -1.26. The molecule has 148 valence electrons. The molecule has 0 heterocycles. The van der Waals surface area contributed by atoms with Gasteiger partial charge in [-0.1, -0.05) is 45.6 Å². The van der Waals surface area contributed by atoms with Crippen LogP contribution in [0, 0.1) is 11.8 Å². The molecule has 1 aliphatic rings. The van der Waals surface area contributed by atoms with Gasteiger partial charge in [0.1, 0.15) is 11.5 Å². The molecule has 26 heavy (non-hydrogen) atoms. The zero-order valence-electron chi connectivity index (χ0n) is 16.5. The minimum Gasteiger partial charge on any atom is -0.508 e. The number of phenolic OH excluding ortho intramolecular Hbond substituents is 1. The van der Waals surface area contributed by atoms with Gasteiger partial charge in [-0.15, -0.1) is 0 Å². The van der Waals surface area contributed by atoms with Crippen LogP contribution in [0.4, 0.5) is 0 Å². The van der Waals surface area contributed by atoms with Crippen molar-refractivity contribution in [2.45, 2.75) is 77.2 Å². The number of aliphatic hydroxyl groups excluding tert-OH is 1. The van der Waals surface area contributed by atoms with Gasteiger partial charge >= 0.3 is 0 Å². The number of hydrogen-bond donors (Lipinski definition) is 3. The smallest absolute Gasteiger partial charge is 0.122 e. The van der Waals surface area contributed by atoms with Gasteiger partial charge in [0.15, 0.2) is 0 Å². The molecule has 4 heteroatoms. The lowest BCUT2D eigenvalue weighted by Gasteiger charge is -2.35. The van der Waals surface area contributed by atoms with Crippen molar-refractivity contribution in [3.8, 4) is 11.5 Å². The third-order valence-corrected chi connectivity index (χ3v) is 5.63. The molecule has 1 aromatic rings. The molecule has 0 radical (unpaired) electrons. The Morgan fingerprint density at radius 1 is 1.27 bits per heavy atom. The highest BCUT2D eigenvalue weighted by molar-refractivity contribution is 5.39. The maximum atomic E-state index is 10.3. The van der Waals surface area contributed by atoms with Crippen LogP contribution < -0.4 is 10.5 Å². The summed E-state index contributed by atoms with van der Waals surface area (Å²) in [6.07, 6.45) is 9.40. The minimum atomic E-state index is -0.539. The van der Waals surface area contributed by atoms with Gasteiger partial charge < -0.3 is 20.7 Å². The highest BCUT2D eigenvalue weighted by Gasteiger charge is 2.31. The second-order valence-electron chi connectivity index (χ2n) is 8.55. The molecule has 1 aliphatic carbocycles. The van der Waals surface area contributed by atoms with Crippen LogP contribution in [0.5, 0.6) is 11.5 Å². The van der Waals surface area contributed by atoms with Crippen LogP contribution >= 0.6 is 0 Å². The van der Waals surface area contributed by atoms with Gasteiger partial charge in [-0.3, -0.25) is 0 Å². The number of rotatable bonds is 12. The number of benzene rings is 1. The van der Waals surface area contributed by atoms with Crippen molar-refractivity contribution in [3.63, 3.8) is 0 Å². The maximum absolute atomic E-state index is 10.3. The zero-order chi connectivity index (χ0) is 19.0. The van der Waals surface area contributed by atoms with Crippen molar-refractivity contribution in [1.29, 1.82) is 0 Å². The standard InChI is InChI=1S/C22H37NO3/c1-17(2)6-3-4-13-26-20-10-9-19(21(25)14-20)11-12-22(23,16-24)15-18-7-5-8-18/h9-10,14,17-18,24-25H,3-8,11-13,15-16,23H2,1-2H3/t22-/m0/s1. The van der Waals surface area contributed by atoms with Crippen molar-refractivity contribution < 1.29 is 14.9 Å². The lowest BCUT2D eigenvalue weighted by molar-refractivity contribution is 0.135. The Bertz CT molecular complexity index is 542. The summed E-state index contributed by atoms with van der Waals surface area (Å²) in [6, 6.07) is 5.53. The SMILES string of the molecule is CC(C)CCCCOc1ccc(CC[C@@](N)(CO)CC2CCC2)c(O)c1. The zero-order valence-corrected chi connectivity index (χ0v) is 16.5. The van der Waals surface area contributed by atoms with E-state index < -0.39 is 5.54 Å². The largest absolute Gasteiger partial charge is 0.508 e. The van der Waals surface area contributed by atoms with Gasteiger partial charge in [-0.25, -0.2) is 0 Å². The van der Waals surface area contributed by atoms with Crippen LogP contribution in [0.15, 0.2) is 18.2 Å². The van der Waals surface area contributed by atoms with Crippen molar-refractivity contribution in [2.75, 3.05) is 13.2 Å². The van der Waals surface area contributed by atoms with Gasteiger partial charge in [-0.05, 0) is 55.6 Å². The summed E-state index contributed by atoms with van der Waals surface area (Å²) in [7, 11) is 0. The fourth-order valence-electron chi connectivity index (χ4n) is 3.59. The van der Waals surface area contributed by atoms with E-state index >= 15 is 0 Å². The number of hydrogen-bond acceptors (Lipinski definition) is 4. The average molecular weight is 364 g/mol. The van der Waals surface area contributed by atoms with E-state index in [0.717, 1.165) is 24.3 Å². The predicted molar refractivity (Wildman–Crippen MR) is 107 cm³/mol. The summed E-state index contributed by atoms with van der Waals surface area (Å²) in [5.74, 6) is 2.36. The van der Waals surface area contributed by atoms with Crippen molar-refractivity contribution in [3.05, 3.63) is 23.8 Å². The minimum absolute atomic E-state index is 0.00182. The highest BCUT2D eigenvalue weighted by atomic mass is 16.5. The molecule has 0 aromatic heterocycles. The van der Waals surface area contributed by atoms with Crippen LogP contribution in [-0.2, 0) is 6.42 Å². The van der Waals surface area contributed by atoms with Crippen molar-refractivity contribution in [1.82, 2.24) is 0 Å². The Balaban J connectivity index is 1.78. The molecule has 1 atom stereocenters. The molecule has 0 bridgehead atoms. The van der Waals surface area contributed by atoms with E-state index in [9.17, 15) is 10.2 Å². The normalized spacial score (nSPS) is 17.1. The van der Waals surface area contributed by atoms with Crippen LogP contribution in [0.1, 0.15) is 70.8 Å². The fraction of sp³-hybridized carbons (Fsp3) is 0.727. The molecular weight excluding hydrogens is 326 g/mol. The molecule has 0 unspecified atom stereocenters. The molecule has 1 aromatic carbocycles. The third kappa shape index (κ3) is 6.81. The number of phenols is 1. The molecule has 4 nitrogen and oxygen atoms in total. The summed E-state index contributed by atoms with van der Waals surface area (Å²) < 4.78 is 5.74. The van der Waals surface area contributed by atoms with Gasteiger partial charge in [0.25, 0.3) is 0 Å². The number of aryl methyl sites for hydroxylation is 1. The summed E-state index contributed by atoms with van der Waals surface area (Å²) in [5.41, 5.74) is 6.73. The lowest BCUT2D eigenvalue weighted by Crippen LogP contribution is -2.46. The van der Waals surface area contributed by atoms with Crippen LogP contribution in [-0.4, -0.2) is 29.0 Å². The monoisotopic (exact) mass is 363 g/mol. The first-order valence-electron chi connectivity index (χ1n) is 10.3. The summed E-state index contributed by atoms with van der Waals surface area (Å²) in [5, 5.41) is 20.0. The van der Waals surface area contributed by atoms with Crippen molar-refractivity contribution >= 4 is 0 Å². The second kappa shape index (κ2) is 10.2. The third-order valence-electron chi connectivity index (χ3n) is 5.63. The molecule has 1 saturated carbocycles. The van der Waals surface area contributed by atoms with E-state index in [2.05, 4.69) is 13.8 Å². The molecule has 0 saturated heterocycles. The first kappa shape index (κ1) is 21.0. The highest BCUT2D eigenvalue weighted by Crippen LogP contribution is 2.35. The van der Waals surface area contributed by atoms with Gasteiger partial charge in [0, 0.05) is 11.6 Å². The Labute approximate surface area is 158 Å². The van der Waals surface area contributed by atoms with Gasteiger partial charge in [-0.2, -0.15) is 0 Å². The van der Waals surface area contributed by atoms with Crippen LogP contribution in [0.3, 0.4) is 0 Å². The molecule has 4 N–H and O–H groups in total. The fourth-order valence-corrected chi connectivity index (χ4v) is 3.59. The van der Waals surface area contributed by atoms with E-state index in [-0.39, 0.29) is 12.4 Å². The lowest BCUT2D eigenvalue weighted by atomic mass is 9.75. The predicted octanol–water partition coefficient (Wildman–Crippen LogP) is 4.41. The molecule has 2 rings (SSSR count). The van der Waals surface area contributed by atoms with E-state index in [1.54, 1.807) is 6.07 Å². The van der Waals surface area contributed by atoms with Crippen molar-refractivity contribution in [2.24, 2.45) is 17.6 Å². The topological polar surface area (TPSA) is 75.7 Å². The molecular formula is C22H37NO3. The summed E-state index contributed by atoms with van der Waals surface area (Å²) in [6.45, 7) is 5.15. The Morgan fingerprint density at radius 3 is 2.62 bits per heavy atom. The number of unbranched alkanes of at least 4 members (excludes halogenated alkanes) is 1.